The van der Waals surface area contributed by atoms with Crippen molar-refractivity contribution in [3.8, 4) is 58.0 Å². The lowest BCUT2D eigenvalue weighted by Gasteiger charge is -1.94. The van der Waals surface area contributed by atoms with Crippen LogP contribution in [0.4, 0.5) is 0 Å². The maximum Gasteiger partial charge on any atom is 0.163 e. The number of H-pyrrole nitrogens is 1. The Bertz CT molecular complexity index is 1380. The molecule has 0 amide bonds. The second kappa shape index (κ2) is 8.73. The maximum atomic E-state index is 8.87. The Balaban J connectivity index is 1.55. The van der Waals surface area contributed by atoms with Crippen LogP contribution >= 0.6 is 11.3 Å². The van der Waals surface area contributed by atoms with E-state index in [1.165, 1.54) is 23.5 Å². The van der Waals surface area contributed by atoms with Gasteiger partial charge in [-0.2, -0.15) is 21.0 Å². The standard InChI is InChI=1S/C23H10N6O2S/c24-9-14(10-25)7-16-1-4-20(30-16)18-2-3-19(29-18)21-5-6-22(31-21)23-28-13-17(32-23)8-15(11-26)12-27/h1-8,13,29H. The Kier molecular flexibility index (Phi) is 5.51. The first-order valence-corrected chi connectivity index (χ1v) is 9.84. The van der Waals surface area contributed by atoms with Gasteiger partial charge in [0, 0.05) is 17.2 Å². The highest BCUT2D eigenvalue weighted by molar-refractivity contribution is 7.15. The van der Waals surface area contributed by atoms with Crippen LogP contribution in [-0.2, 0) is 0 Å². The summed E-state index contributed by atoms with van der Waals surface area (Å²) < 4.78 is 11.6. The molecule has 4 rings (SSSR count). The molecule has 0 unspecified atom stereocenters. The Morgan fingerprint density at radius 3 is 2.06 bits per heavy atom. The van der Waals surface area contributed by atoms with Crippen molar-refractivity contribution in [3.05, 3.63) is 64.4 Å². The molecule has 0 aliphatic rings. The lowest BCUT2D eigenvalue weighted by molar-refractivity contribution is 0.569. The minimum atomic E-state index is -0.0431. The van der Waals surface area contributed by atoms with Crippen LogP contribution in [0.1, 0.15) is 10.6 Å². The molecule has 8 nitrogen and oxygen atoms in total. The molecule has 0 bridgehead atoms. The third-order valence-corrected chi connectivity index (χ3v) is 5.20. The molecule has 0 spiro atoms. The number of nitrogens with one attached hydrogen (secondary N) is 1. The molecule has 0 aliphatic heterocycles. The largest absolute Gasteiger partial charge is 0.455 e. The van der Waals surface area contributed by atoms with E-state index in [0.29, 0.717) is 38.6 Å². The number of rotatable bonds is 5. The fourth-order valence-corrected chi connectivity index (χ4v) is 3.61. The zero-order valence-electron chi connectivity index (χ0n) is 16.2. The third kappa shape index (κ3) is 4.10. The highest BCUT2D eigenvalue weighted by Crippen LogP contribution is 2.33. The molecule has 150 valence electrons. The summed E-state index contributed by atoms with van der Waals surface area (Å²) in [6, 6.07) is 17.9. The van der Waals surface area contributed by atoms with E-state index >= 15 is 0 Å². The number of hydrogen-bond donors (Lipinski definition) is 1. The zero-order valence-corrected chi connectivity index (χ0v) is 17.0. The van der Waals surface area contributed by atoms with Crippen molar-refractivity contribution in [3.63, 3.8) is 0 Å². The smallest absolute Gasteiger partial charge is 0.163 e. The van der Waals surface area contributed by atoms with E-state index in [1.807, 2.05) is 24.3 Å². The van der Waals surface area contributed by atoms with Crippen molar-refractivity contribution in [2.45, 2.75) is 0 Å². The molecule has 4 heterocycles. The molecular weight excluding hydrogens is 424 g/mol. The Labute approximate surface area is 185 Å². The molecule has 0 aromatic carbocycles. The number of nitrogens with zero attached hydrogens (tertiary/aromatic N) is 5. The van der Waals surface area contributed by atoms with E-state index in [4.69, 9.17) is 29.9 Å². The van der Waals surface area contributed by atoms with Gasteiger partial charge in [0.25, 0.3) is 0 Å². The fourth-order valence-electron chi connectivity index (χ4n) is 2.79. The van der Waals surface area contributed by atoms with Gasteiger partial charge in [-0.05, 0) is 42.5 Å². The zero-order chi connectivity index (χ0) is 22.5. The van der Waals surface area contributed by atoms with Gasteiger partial charge in [-0.25, -0.2) is 4.98 Å². The summed E-state index contributed by atoms with van der Waals surface area (Å²) in [4.78, 5) is 8.19. The third-order valence-electron chi connectivity index (χ3n) is 4.24. The molecule has 4 aromatic heterocycles. The summed E-state index contributed by atoms with van der Waals surface area (Å²) >= 11 is 1.31. The van der Waals surface area contributed by atoms with E-state index < -0.39 is 0 Å². The number of allylic oxidation sites excluding steroid dienone is 2. The minimum absolute atomic E-state index is 0.00675. The molecule has 0 radical (unpaired) electrons. The van der Waals surface area contributed by atoms with Crippen LogP contribution in [0.5, 0.6) is 0 Å². The summed E-state index contributed by atoms with van der Waals surface area (Å²) in [5.74, 6) is 2.10. The van der Waals surface area contributed by atoms with E-state index in [9.17, 15) is 0 Å². The van der Waals surface area contributed by atoms with Crippen LogP contribution in [0.15, 0.2) is 62.6 Å². The van der Waals surface area contributed by atoms with Crippen LogP contribution in [0, 0.1) is 45.3 Å². The van der Waals surface area contributed by atoms with Crippen LogP contribution in [0.3, 0.4) is 0 Å². The number of hydrogen-bond acceptors (Lipinski definition) is 8. The molecule has 4 aromatic rings. The van der Waals surface area contributed by atoms with Gasteiger partial charge in [-0.15, -0.1) is 11.3 Å². The number of nitriles is 4. The Hall–Kier alpha value is -5.09. The Morgan fingerprint density at radius 2 is 1.38 bits per heavy atom. The summed E-state index contributed by atoms with van der Waals surface area (Å²) in [6.45, 7) is 0. The number of furan rings is 2. The average Bonchev–Trinajstić information content (AvgIpc) is 3.61. The first-order chi connectivity index (χ1) is 15.6. The van der Waals surface area contributed by atoms with E-state index in [1.54, 1.807) is 42.6 Å². The molecule has 0 saturated heterocycles. The fraction of sp³-hybridized carbons (Fsp3) is 0. The first kappa shape index (κ1) is 20.2. The van der Waals surface area contributed by atoms with Gasteiger partial charge in [0.05, 0.1) is 11.4 Å². The van der Waals surface area contributed by atoms with E-state index in [2.05, 4.69) is 9.97 Å². The Morgan fingerprint density at radius 1 is 0.781 bits per heavy atom. The van der Waals surface area contributed by atoms with Gasteiger partial charge in [0.15, 0.2) is 22.3 Å². The van der Waals surface area contributed by atoms with Crippen LogP contribution in [0.25, 0.3) is 45.8 Å². The van der Waals surface area contributed by atoms with Crippen molar-refractivity contribution in [1.29, 1.82) is 21.0 Å². The summed E-state index contributed by atoms with van der Waals surface area (Å²) in [7, 11) is 0. The highest BCUT2D eigenvalue weighted by atomic mass is 32.1. The van der Waals surface area contributed by atoms with Gasteiger partial charge in [0.1, 0.15) is 41.2 Å². The molecular formula is C23H10N6O2S. The second-order valence-corrected chi connectivity index (χ2v) is 7.34. The molecule has 1 N–H and O–H groups in total. The molecule has 32 heavy (non-hydrogen) atoms. The van der Waals surface area contributed by atoms with Crippen molar-refractivity contribution < 1.29 is 8.83 Å². The molecule has 0 atom stereocenters. The molecule has 9 heteroatoms. The summed E-state index contributed by atoms with van der Waals surface area (Å²) in [5, 5.41) is 36.1. The quantitative estimate of drug-likeness (QED) is 0.406. The van der Waals surface area contributed by atoms with Crippen LogP contribution in [0.2, 0.25) is 0 Å². The SMILES string of the molecule is N#CC(C#N)=Cc1ccc(-c2ccc(-c3ccc(-c4ncc(C=C(C#N)C#N)s4)o3)[nH]2)o1. The van der Waals surface area contributed by atoms with E-state index in [-0.39, 0.29) is 11.1 Å². The minimum Gasteiger partial charge on any atom is -0.455 e. The molecule has 0 saturated carbocycles. The predicted molar refractivity (Wildman–Crippen MR) is 116 cm³/mol. The van der Waals surface area contributed by atoms with Crippen molar-refractivity contribution in [1.82, 2.24) is 9.97 Å². The van der Waals surface area contributed by atoms with Gasteiger partial charge in [0.2, 0.25) is 0 Å². The average molecular weight is 434 g/mol. The maximum absolute atomic E-state index is 8.87. The summed E-state index contributed by atoms with van der Waals surface area (Å²) in [5.41, 5.74) is 1.39. The number of aromatic nitrogens is 2. The van der Waals surface area contributed by atoms with Gasteiger partial charge in [-0.1, -0.05) is 0 Å². The van der Waals surface area contributed by atoms with E-state index in [0.717, 1.165) is 5.69 Å². The lowest BCUT2D eigenvalue weighted by atomic mass is 10.2. The van der Waals surface area contributed by atoms with Crippen molar-refractivity contribution in [2.75, 3.05) is 0 Å². The number of thiazole rings is 1. The second-order valence-electron chi connectivity index (χ2n) is 6.28. The topological polar surface area (TPSA) is 150 Å². The molecule has 0 aliphatic carbocycles. The molecule has 0 fully saturated rings. The highest BCUT2D eigenvalue weighted by Gasteiger charge is 2.13. The first-order valence-electron chi connectivity index (χ1n) is 9.03. The van der Waals surface area contributed by atoms with Crippen LogP contribution in [-0.4, -0.2) is 9.97 Å². The van der Waals surface area contributed by atoms with Crippen molar-refractivity contribution in [2.24, 2.45) is 0 Å². The van der Waals surface area contributed by atoms with Crippen LogP contribution < -0.4 is 0 Å². The number of aromatic amines is 1. The normalized spacial score (nSPS) is 9.75. The van der Waals surface area contributed by atoms with Crippen molar-refractivity contribution >= 4 is 23.5 Å². The van der Waals surface area contributed by atoms with Gasteiger partial charge in [-0.3, -0.25) is 0 Å². The summed E-state index contributed by atoms with van der Waals surface area (Å²) in [6.07, 6.45) is 4.43. The predicted octanol–water partition coefficient (Wildman–Crippen LogP) is 5.52. The van der Waals surface area contributed by atoms with Gasteiger partial charge >= 0.3 is 0 Å². The van der Waals surface area contributed by atoms with Gasteiger partial charge < -0.3 is 13.8 Å². The monoisotopic (exact) mass is 434 g/mol. The lowest BCUT2D eigenvalue weighted by Crippen LogP contribution is -1.76.